The van der Waals surface area contributed by atoms with Crippen LogP contribution >= 0.6 is 0 Å². The van der Waals surface area contributed by atoms with Crippen molar-refractivity contribution in [2.24, 2.45) is 5.14 Å². The van der Waals surface area contributed by atoms with E-state index in [2.05, 4.69) is 5.10 Å². The third-order valence-electron chi connectivity index (χ3n) is 4.27. The molecule has 1 fully saturated rings. The van der Waals surface area contributed by atoms with Crippen molar-refractivity contribution in [3.8, 4) is 5.75 Å². The normalized spacial score (nSPS) is 15.1. The number of methoxy groups -OCH3 is 1. The zero-order chi connectivity index (χ0) is 18.4. The number of carbonyl (C=O) groups is 1. The summed E-state index contributed by atoms with van der Waals surface area (Å²) in [6, 6.07) is 6.12. The van der Waals surface area contributed by atoms with Crippen LogP contribution < -0.4 is 9.88 Å². The summed E-state index contributed by atoms with van der Waals surface area (Å²) in [6.07, 6.45) is 0. The molecule has 2 aromatic rings. The second kappa shape index (κ2) is 6.16. The van der Waals surface area contributed by atoms with Crippen LogP contribution in [0.25, 0.3) is 0 Å². The highest BCUT2D eigenvalue weighted by Gasteiger charge is 2.35. The molecule has 0 atom stereocenters. The Bertz CT molecular complexity index is 930. The van der Waals surface area contributed by atoms with Gasteiger partial charge in [0.15, 0.2) is 0 Å². The molecule has 1 saturated heterocycles. The number of hydrogen-bond donors (Lipinski definition) is 1. The van der Waals surface area contributed by atoms with E-state index in [1.54, 1.807) is 4.90 Å². The summed E-state index contributed by atoms with van der Waals surface area (Å²) in [5.74, 6) is 0.0205. The van der Waals surface area contributed by atoms with Gasteiger partial charge in [-0.15, -0.1) is 0 Å². The number of ether oxygens (including phenoxy) is 1. The van der Waals surface area contributed by atoms with Crippen molar-refractivity contribution in [2.75, 3.05) is 20.2 Å². The molecule has 1 amide bonds. The van der Waals surface area contributed by atoms with E-state index in [-0.39, 0.29) is 22.4 Å². The van der Waals surface area contributed by atoms with Crippen LogP contribution in [0.2, 0.25) is 0 Å². The molecule has 1 aromatic heterocycles. The van der Waals surface area contributed by atoms with Crippen molar-refractivity contribution in [3.05, 3.63) is 41.2 Å². The van der Waals surface area contributed by atoms with Gasteiger partial charge in [-0.05, 0) is 38.1 Å². The maximum absolute atomic E-state index is 12.7. The summed E-state index contributed by atoms with van der Waals surface area (Å²) in [5, 5.41) is 9.59. The molecule has 2 heterocycles. The number of carbonyl (C=O) groups excluding carboxylic acids is 1. The van der Waals surface area contributed by atoms with E-state index in [4.69, 9.17) is 9.88 Å². The second-order valence-corrected chi connectivity index (χ2v) is 7.70. The molecule has 9 heteroatoms. The Hall–Kier alpha value is -2.39. The molecule has 0 spiro atoms. The molecule has 1 aliphatic heterocycles. The molecule has 1 aliphatic rings. The fraction of sp³-hybridized carbons (Fsp3) is 0.375. The molecular formula is C16H20N4O4S. The lowest BCUT2D eigenvalue weighted by molar-refractivity contribution is 0.0494. The number of hydrogen-bond acceptors (Lipinski definition) is 5. The first-order chi connectivity index (χ1) is 11.7. The van der Waals surface area contributed by atoms with Gasteiger partial charge in [-0.3, -0.25) is 9.48 Å². The summed E-state index contributed by atoms with van der Waals surface area (Å²) in [5.41, 5.74) is 2.16. The van der Waals surface area contributed by atoms with Crippen molar-refractivity contribution in [2.45, 2.75) is 24.8 Å². The zero-order valence-electron chi connectivity index (χ0n) is 14.3. The molecule has 0 saturated carbocycles. The lowest BCUT2D eigenvalue weighted by Gasteiger charge is -2.40. The van der Waals surface area contributed by atoms with Gasteiger partial charge in [-0.2, -0.15) is 5.10 Å². The Morgan fingerprint density at radius 3 is 2.48 bits per heavy atom. The number of amides is 1. The summed E-state index contributed by atoms with van der Waals surface area (Å²) in [4.78, 5) is 14.2. The summed E-state index contributed by atoms with van der Waals surface area (Å²) in [6.45, 7) is 4.91. The number of rotatable bonds is 4. The number of aryl methyl sites for hydroxylation is 2. The minimum Gasteiger partial charge on any atom is -0.496 e. The van der Waals surface area contributed by atoms with Gasteiger partial charge in [0.1, 0.15) is 5.75 Å². The van der Waals surface area contributed by atoms with E-state index in [9.17, 15) is 13.2 Å². The predicted octanol–water partition coefficient (Wildman–Crippen LogP) is 0.853. The summed E-state index contributed by atoms with van der Waals surface area (Å²) < 4.78 is 30.2. The first kappa shape index (κ1) is 17.4. The van der Waals surface area contributed by atoms with Crippen molar-refractivity contribution in [3.63, 3.8) is 0 Å². The number of primary sulfonamides is 1. The number of likely N-dealkylation sites (tertiary alicyclic amines) is 1. The minimum atomic E-state index is -3.90. The van der Waals surface area contributed by atoms with Crippen molar-refractivity contribution < 1.29 is 17.9 Å². The van der Waals surface area contributed by atoms with Crippen molar-refractivity contribution >= 4 is 15.9 Å². The first-order valence-corrected chi connectivity index (χ1v) is 9.28. The van der Waals surface area contributed by atoms with Gasteiger partial charge in [0, 0.05) is 18.8 Å². The predicted molar refractivity (Wildman–Crippen MR) is 91.0 cm³/mol. The molecule has 0 bridgehead atoms. The SMILES string of the molecule is COc1ccc(S(N)(=O)=O)cc1C(=O)N1CC(n2nc(C)cc2C)C1. The average Bonchev–Trinajstić information content (AvgIpc) is 2.82. The molecule has 0 aliphatic carbocycles. The van der Waals surface area contributed by atoms with E-state index in [1.165, 1.54) is 25.3 Å². The minimum absolute atomic E-state index is 0.116. The van der Waals surface area contributed by atoms with Crippen LogP contribution in [0.5, 0.6) is 5.75 Å². The smallest absolute Gasteiger partial charge is 0.257 e. The van der Waals surface area contributed by atoms with Crippen molar-refractivity contribution in [1.82, 2.24) is 14.7 Å². The molecule has 8 nitrogen and oxygen atoms in total. The van der Waals surface area contributed by atoms with Gasteiger partial charge in [0.2, 0.25) is 10.0 Å². The largest absolute Gasteiger partial charge is 0.496 e. The number of nitrogens with two attached hydrogens (primary N) is 1. The molecule has 0 unspecified atom stereocenters. The monoisotopic (exact) mass is 364 g/mol. The Balaban J connectivity index is 1.81. The van der Waals surface area contributed by atoms with Gasteiger partial charge in [0.05, 0.1) is 29.3 Å². The lowest BCUT2D eigenvalue weighted by Crippen LogP contribution is -2.51. The molecule has 25 heavy (non-hydrogen) atoms. The third-order valence-corrected chi connectivity index (χ3v) is 5.18. The fourth-order valence-electron chi connectivity index (χ4n) is 2.99. The highest BCUT2D eigenvalue weighted by atomic mass is 32.2. The van der Waals surface area contributed by atoms with E-state index in [1.807, 2.05) is 24.6 Å². The standard InChI is InChI=1S/C16H20N4O4S/c1-10-6-11(2)20(18-10)12-8-19(9-12)16(21)14-7-13(25(17,22)23)4-5-15(14)24-3/h4-7,12H,8-9H2,1-3H3,(H2,17,22,23). The lowest BCUT2D eigenvalue weighted by atomic mass is 10.1. The van der Waals surface area contributed by atoms with Gasteiger partial charge in [-0.25, -0.2) is 13.6 Å². The van der Waals surface area contributed by atoms with Crippen LogP contribution in [0.1, 0.15) is 27.8 Å². The van der Waals surface area contributed by atoms with Crippen LogP contribution in [-0.2, 0) is 10.0 Å². The maximum atomic E-state index is 12.7. The van der Waals surface area contributed by atoms with Gasteiger partial charge in [-0.1, -0.05) is 0 Å². The molecule has 2 N–H and O–H groups in total. The number of aromatic nitrogens is 2. The van der Waals surface area contributed by atoms with Crippen LogP contribution in [0, 0.1) is 13.8 Å². The first-order valence-electron chi connectivity index (χ1n) is 7.73. The molecule has 1 aromatic carbocycles. The Kier molecular flexibility index (Phi) is 4.29. The Morgan fingerprint density at radius 2 is 1.96 bits per heavy atom. The van der Waals surface area contributed by atoms with Crippen LogP contribution in [0.4, 0.5) is 0 Å². The van der Waals surface area contributed by atoms with E-state index >= 15 is 0 Å². The topological polar surface area (TPSA) is 108 Å². The van der Waals surface area contributed by atoms with E-state index < -0.39 is 10.0 Å². The van der Waals surface area contributed by atoms with Crippen LogP contribution in [-0.4, -0.2) is 49.2 Å². The quantitative estimate of drug-likeness (QED) is 0.865. The fourth-order valence-corrected chi connectivity index (χ4v) is 3.53. The number of nitrogens with zero attached hydrogens (tertiary/aromatic N) is 3. The third kappa shape index (κ3) is 3.24. The number of benzene rings is 1. The number of sulfonamides is 1. The average molecular weight is 364 g/mol. The van der Waals surface area contributed by atoms with Crippen LogP contribution in [0.3, 0.4) is 0 Å². The van der Waals surface area contributed by atoms with Crippen molar-refractivity contribution in [1.29, 1.82) is 0 Å². The highest BCUT2D eigenvalue weighted by molar-refractivity contribution is 7.89. The maximum Gasteiger partial charge on any atom is 0.257 e. The van der Waals surface area contributed by atoms with E-state index in [0.29, 0.717) is 18.8 Å². The molecule has 134 valence electrons. The molecule has 0 radical (unpaired) electrons. The van der Waals surface area contributed by atoms with Crippen LogP contribution in [0.15, 0.2) is 29.2 Å². The highest BCUT2D eigenvalue weighted by Crippen LogP contribution is 2.29. The van der Waals surface area contributed by atoms with Gasteiger partial charge in [0.25, 0.3) is 5.91 Å². The second-order valence-electron chi connectivity index (χ2n) is 6.14. The van der Waals surface area contributed by atoms with E-state index in [0.717, 1.165) is 11.4 Å². The Morgan fingerprint density at radius 1 is 1.28 bits per heavy atom. The molecule has 3 rings (SSSR count). The molecular weight excluding hydrogens is 344 g/mol. The summed E-state index contributed by atoms with van der Waals surface area (Å²) >= 11 is 0. The van der Waals surface area contributed by atoms with Gasteiger partial charge < -0.3 is 9.64 Å². The zero-order valence-corrected chi connectivity index (χ0v) is 15.1. The Labute approximate surface area is 146 Å². The van der Waals surface area contributed by atoms with Gasteiger partial charge >= 0.3 is 0 Å². The summed E-state index contributed by atoms with van der Waals surface area (Å²) in [7, 11) is -2.47.